The van der Waals surface area contributed by atoms with Crippen LogP contribution in [0.1, 0.15) is 52.4 Å². The Hall–Kier alpha value is -3.80. The molecule has 0 radical (unpaired) electrons. The van der Waals surface area contributed by atoms with Crippen molar-refractivity contribution in [3.05, 3.63) is 73.1 Å². The number of carbonyl (C=O) groups excluding carboxylic acids is 2. The molecule has 0 saturated carbocycles. The summed E-state index contributed by atoms with van der Waals surface area (Å²) in [5.74, 6) is -0.890. The second-order valence-corrected chi connectivity index (χ2v) is 9.00. The standard InChI is InChI=1S/C29H32N4O2/c1-3-5-17-29(27(30)34,18-6-4-2)28(35)33(23-15-7-11-21-13-9-19-31-25(21)23)24-16-8-12-22-14-10-20-32-26(22)24/h7-16,19-20H,3-6,17-18H2,1-2H3,(H2,30,34). The summed E-state index contributed by atoms with van der Waals surface area (Å²) < 4.78 is 0. The van der Waals surface area contributed by atoms with Crippen LogP contribution < -0.4 is 10.6 Å². The number of anilines is 2. The molecule has 0 bridgehead atoms. The van der Waals surface area contributed by atoms with E-state index < -0.39 is 11.3 Å². The molecule has 0 aliphatic carbocycles. The molecule has 0 spiro atoms. The van der Waals surface area contributed by atoms with Gasteiger partial charge in [-0.1, -0.05) is 75.9 Å². The van der Waals surface area contributed by atoms with Crippen molar-refractivity contribution < 1.29 is 9.59 Å². The molecule has 6 nitrogen and oxygen atoms in total. The van der Waals surface area contributed by atoms with Gasteiger partial charge >= 0.3 is 0 Å². The van der Waals surface area contributed by atoms with Crippen LogP contribution in [-0.4, -0.2) is 21.8 Å². The summed E-state index contributed by atoms with van der Waals surface area (Å²) in [4.78, 5) is 38.6. The number of hydrogen-bond donors (Lipinski definition) is 1. The molecule has 4 rings (SSSR count). The Bertz CT molecular complexity index is 1250. The maximum Gasteiger partial charge on any atom is 0.247 e. The first-order chi connectivity index (χ1) is 17.0. The molecule has 6 heteroatoms. The number of amides is 2. The number of unbranched alkanes of at least 4 members (excludes halogenated alkanes) is 2. The molecule has 35 heavy (non-hydrogen) atoms. The molecule has 180 valence electrons. The van der Waals surface area contributed by atoms with Crippen molar-refractivity contribution in [3.63, 3.8) is 0 Å². The van der Waals surface area contributed by atoms with Gasteiger partial charge in [0.25, 0.3) is 0 Å². The van der Waals surface area contributed by atoms with E-state index in [1.54, 1.807) is 17.3 Å². The van der Waals surface area contributed by atoms with Gasteiger partial charge in [0.05, 0.1) is 22.4 Å². The van der Waals surface area contributed by atoms with Crippen molar-refractivity contribution in [2.45, 2.75) is 52.4 Å². The lowest BCUT2D eigenvalue weighted by molar-refractivity contribution is -0.140. The van der Waals surface area contributed by atoms with E-state index >= 15 is 0 Å². The molecule has 2 aromatic carbocycles. The molecular formula is C29H32N4O2. The first-order valence-electron chi connectivity index (χ1n) is 12.4. The van der Waals surface area contributed by atoms with Gasteiger partial charge in [-0.2, -0.15) is 0 Å². The van der Waals surface area contributed by atoms with E-state index in [1.807, 2.05) is 60.7 Å². The van der Waals surface area contributed by atoms with Crippen LogP contribution in [0.5, 0.6) is 0 Å². The van der Waals surface area contributed by atoms with Crippen LogP contribution in [0, 0.1) is 5.41 Å². The van der Waals surface area contributed by atoms with Gasteiger partial charge in [-0.05, 0) is 37.1 Å². The average molecular weight is 469 g/mol. The first-order valence-corrected chi connectivity index (χ1v) is 12.4. The van der Waals surface area contributed by atoms with Crippen LogP contribution in [0.15, 0.2) is 73.1 Å². The molecule has 2 aromatic heterocycles. The molecule has 2 heterocycles. The summed E-state index contributed by atoms with van der Waals surface area (Å²) in [6.07, 6.45) is 7.42. The third-order valence-corrected chi connectivity index (χ3v) is 6.70. The Morgan fingerprint density at radius 1 is 0.771 bits per heavy atom. The number of fused-ring (bicyclic) bond motifs is 2. The highest BCUT2D eigenvalue weighted by molar-refractivity contribution is 6.19. The number of carbonyl (C=O) groups is 2. The van der Waals surface area contributed by atoms with Gasteiger partial charge in [0.15, 0.2) is 0 Å². The number of aromatic nitrogens is 2. The molecule has 0 saturated heterocycles. The minimum atomic E-state index is -1.32. The number of benzene rings is 2. The van der Waals surface area contributed by atoms with Crippen LogP contribution in [0.25, 0.3) is 21.8 Å². The maximum absolute atomic E-state index is 14.7. The van der Waals surface area contributed by atoms with Gasteiger partial charge in [-0.25, -0.2) is 0 Å². The number of para-hydroxylation sites is 2. The summed E-state index contributed by atoms with van der Waals surface area (Å²) in [6, 6.07) is 19.2. The van der Waals surface area contributed by atoms with E-state index in [1.165, 1.54) is 0 Å². The quantitative estimate of drug-likeness (QED) is 0.277. The topological polar surface area (TPSA) is 89.2 Å². The fraction of sp³-hybridized carbons (Fsp3) is 0.310. The predicted octanol–water partition coefficient (Wildman–Crippen LogP) is 6.30. The highest BCUT2D eigenvalue weighted by atomic mass is 16.2. The van der Waals surface area contributed by atoms with Gasteiger partial charge in [-0.3, -0.25) is 24.5 Å². The van der Waals surface area contributed by atoms with Crippen molar-refractivity contribution in [2.24, 2.45) is 11.1 Å². The smallest absolute Gasteiger partial charge is 0.247 e. The number of nitrogens with zero attached hydrogens (tertiary/aromatic N) is 3. The van der Waals surface area contributed by atoms with E-state index in [0.29, 0.717) is 35.2 Å². The molecule has 0 aliphatic rings. The molecule has 0 fully saturated rings. The van der Waals surface area contributed by atoms with Crippen molar-refractivity contribution in [3.8, 4) is 0 Å². The van der Waals surface area contributed by atoms with Gasteiger partial charge in [0, 0.05) is 23.2 Å². The lowest BCUT2D eigenvalue weighted by atomic mass is 9.76. The molecule has 2 amide bonds. The van der Waals surface area contributed by atoms with Crippen molar-refractivity contribution in [2.75, 3.05) is 4.90 Å². The second kappa shape index (κ2) is 10.6. The van der Waals surface area contributed by atoms with Crippen LogP contribution >= 0.6 is 0 Å². The zero-order valence-corrected chi connectivity index (χ0v) is 20.4. The molecule has 2 N–H and O–H groups in total. The van der Waals surface area contributed by atoms with Gasteiger partial charge in [-0.15, -0.1) is 0 Å². The van der Waals surface area contributed by atoms with Crippen molar-refractivity contribution in [1.82, 2.24) is 9.97 Å². The maximum atomic E-state index is 14.7. The summed E-state index contributed by atoms with van der Waals surface area (Å²) in [5.41, 5.74) is 7.33. The summed E-state index contributed by atoms with van der Waals surface area (Å²) in [6.45, 7) is 4.11. The molecule has 0 atom stereocenters. The lowest BCUT2D eigenvalue weighted by Gasteiger charge is -2.36. The van der Waals surface area contributed by atoms with E-state index in [9.17, 15) is 9.59 Å². The number of primary amides is 1. The van der Waals surface area contributed by atoms with E-state index in [4.69, 9.17) is 5.73 Å². The predicted molar refractivity (Wildman–Crippen MR) is 141 cm³/mol. The monoisotopic (exact) mass is 468 g/mol. The van der Waals surface area contributed by atoms with Crippen LogP contribution in [-0.2, 0) is 9.59 Å². The molecule has 4 aromatic rings. The molecular weight excluding hydrogens is 436 g/mol. The van der Waals surface area contributed by atoms with E-state index in [-0.39, 0.29) is 5.91 Å². The Morgan fingerprint density at radius 3 is 1.66 bits per heavy atom. The largest absolute Gasteiger partial charge is 0.369 e. The molecule has 0 unspecified atom stereocenters. The number of hydrogen-bond acceptors (Lipinski definition) is 4. The molecule has 0 aliphatic heterocycles. The van der Waals surface area contributed by atoms with Crippen LogP contribution in [0.3, 0.4) is 0 Å². The minimum absolute atomic E-state index is 0.316. The first kappa shape index (κ1) is 24.3. The third kappa shape index (κ3) is 4.61. The highest BCUT2D eigenvalue weighted by Gasteiger charge is 2.47. The fourth-order valence-electron chi connectivity index (χ4n) is 4.75. The summed E-state index contributed by atoms with van der Waals surface area (Å²) in [5, 5.41) is 1.81. The van der Waals surface area contributed by atoms with Crippen LogP contribution in [0.4, 0.5) is 11.4 Å². The third-order valence-electron chi connectivity index (χ3n) is 6.70. The van der Waals surface area contributed by atoms with Crippen molar-refractivity contribution in [1.29, 1.82) is 0 Å². The number of nitrogens with two attached hydrogens (primary N) is 1. The Morgan fingerprint density at radius 2 is 1.23 bits per heavy atom. The number of pyridine rings is 2. The number of rotatable bonds is 10. The zero-order chi connectivity index (χ0) is 24.8. The normalized spacial score (nSPS) is 11.6. The SMILES string of the molecule is CCCCC(CCCC)(C(N)=O)C(=O)N(c1cccc2cccnc12)c1cccc2cccnc12. The van der Waals surface area contributed by atoms with Gasteiger partial charge in [0.1, 0.15) is 5.41 Å². The van der Waals surface area contributed by atoms with E-state index in [2.05, 4.69) is 23.8 Å². The summed E-state index contributed by atoms with van der Waals surface area (Å²) >= 11 is 0. The minimum Gasteiger partial charge on any atom is -0.369 e. The van der Waals surface area contributed by atoms with E-state index in [0.717, 1.165) is 36.5 Å². The zero-order valence-electron chi connectivity index (χ0n) is 20.4. The average Bonchev–Trinajstić information content (AvgIpc) is 2.89. The second-order valence-electron chi connectivity index (χ2n) is 9.00. The Kier molecular flexibility index (Phi) is 7.39. The van der Waals surface area contributed by atoms with Gasteiger partial charge < -0.3 is 5.73 Å². The fourth-order valence-corrected chi connectivity index (χ4v) is 4.75. The van der Waals surface area contributed by atoms with Gasteiger partial charge in [0.2, 0.25) is 11.8 Å². The summed E-state index contributed by atoms with van der Waals surface area (Å²) in [7, 11) is 0. The Balaban J connectivity index is 2.02. The lowest BCUT2D eigenvalue weighted by Crippen LogP contribution is -2.50. The van der Waals surface area contributed by atoms with Crippen LogP contribution in [0.2, 0.25) is 0 Å². The Labute approximate surface area is 206 Å². The van der Waals surface area contributed by atoms with Crippen molar-refractivity contribution >= 4 is 45.0 Å². The highest BCUT2D eigenvalue weighted by Crippen LogP contribution is 2.41.